The number of aryl methyl sites for hydroxylation is 1. The standard InChI is InChI=1S/C22H34N4O3/c1-21(2,3)29-20(28)23-13-16-8-11-26-18(12-16)17(14-25-26)19(27)24-15-22(4)9-6-5-7-10-22/h5-6,14,16H,7-13,15H2,1-4H3,(H,23,28)(H,24,27). The largest absolute Gasteiger partial charge is 0.444 e. The molecule has 1 aliphatic carbocycles. The molecule has 160 valence electrons. The van der Waals surface area contributed by atoms with Gasteiger partial charge in [0.1, 0.15) is 5.60 Å². The molecule has 0 aromatic carbocycles. The Bertz CT molecular complexity index is 778. The molecule has 7 nitrogen and oxygen atoms in total. The van der Waals surface area contributed by atoms with Gasteiger partial charge in [-0.05, 0) is 64.2 Å². The number of amides is 2. The molecule has 2 atom stereocenters. The van der Waals surface area contributed by atoms with Crippen molar-refractivity contribution in [3.63, 3.8) is 0 Å². The number of nitrogens with one attached hydrogen (secondary N) is 2. The van der Waals surface area contributed by atoms with E-state index in [-0.39, 0.29) is 17.2 Å². The molecule has 2 N–H and O–H groups in total. The number of ether oxygens (including phenoxy) is 1. The second kappa shape index (κ2) is 8.59. The van der Waals surface area contributed by atoms with Gasteiger partial charge in [0.15, 0.2) is 0 Å². The highest BCUT2D eigenvalue weighted by Crippen LogP contribution is 2.31. The Balaban J connectivity index is 1.55. The zero-order chi connectivity index (χ0) is 21.1. The molecule has 0 saturated carbocycles. The maximum Gasteiger partial charge on any atom is 0.407 e. The maximum atomic E-state index is 12.8. The van der Waals surface area contributed by atoms with E-state index in [0.717, 1.165) is 44.3 Å². The van der Waals surface area contributed by atoms with Crippen LogP contribution in [-0.4, -0.2) is 40.5 Å². The number of carbonyl (C=O) groups excluding carboxylic acids is 2. The summed E-state index contributed by atoms with van der Waals surface area (Å²) in [4.78, 5) is 24.7. The first-order valence-corrected chi connectivity index (χ1v) is 10.6. The zero-order valence-electron chi connectivity index (χ0n) is 18.1. The molecule has 1 aromatic rings. The van der Waals surface area contributed by atoms with E-state index in [0.29, 0.717) is 18.7 Å². The lowest BCUT2D eigenvalue weighted by molar-refractivity contribution is 0.0516. The highest BCUT2D eigenvalue weighted by molar-refractivity contribution is 5.95. The average Bonchev–Trinajstić information content (AvgIpc) is 3.07. The lowest BCUT2D eigenvalue weighted by Gasteiger charge is -2.31. The predicted molar refractivity (Wildman–Crippen MR) is 112 cm³/mol. The van der Waals surface area contributed by atoms with Crippen molar-refractivity contribution in [3.8, 4) is 0 Å². The number of hydrogen-bond donors (Lipinski definition) is 2. The van der Waals surface area contributed by atoms with Crippen LogP contribution in [0.15, 0.2) is 18.3 Å². The lowest BCUT2D eigenvalue weighted by atomic mass is 9.79. The van der Waals surface area contributed by atoms with Gasteiger partial charge < -0.3 is 15.4 Å². The van der Waals surface area contributed by atoms with Crippen molar-refractivity contribution in [1.82, 2.24) is 20.4 Å². The molecule has 7 heteroatoms. The van der Waals surface area contributed by atoms with E-state index in [4.69, 9.17) is 4.74 Å². The summed E-state index contributed by atoms with van der Waals surface area (Å²) in [5.74, 6) is 0.210. The van der Waals surface area contributed by atoms with Crippen LogP contribution in [0.5, 0.6) is 0 Å². The molecule has 0 fully saturated rings. The van der Waals surface area contributed by atoms with Gasteiger partial charge in [0.2, 0.25) is 0 Å². The number of allylic oxidation sites excluding steroid dienone is 2. The van der Waals surface area contributed by atoms with E-state index >= 15 is 0 Å². The molecule has 1 aromatic heterocycles. The molecule has 2 unspecified atom stereocenters. The molecule has 0 radical (unpaired) electrons. The third kappa shape index (κ3) is 5.84. The smallest absolute Gasteiger partial charge is 0.407 e. The summed E-state index contributed by atoms with van der Waals surface area (Å²) >= 11 is 0. The van der Waals surface area contributed by atoms with Crippen molar-refractivity contribution in [2.45, 2.75) is 71.9 Å². The van der Waals surface area contributed by atoms with Gasteiger partial charge in [0.25, 0.3) is 5.91 Å². The van der Waals surface area contributed by atoms with Crippen LogP contribution in [-0.2, 0) is 17.7 Å². The van der Waals surface area contributed by atoms with Crippen molar-refractivity contribution >= 4 is 12.0 Å². The number of nitrogens with zero attached hydrogens (tertiary/aromatic N) is 2. The Morgan fingerprint density at radius 3 is 2.79 bits per heavy atom. The van der Waals surface area contributed by atoms with Gasteiger partial charge in [-0.15, -0.1) is 0 Å². The first kappa shape index (κ1) is 21.4. The summed E-state index contributed by atoms with van der Waals surface area (Å²) in [7, 11) is 0. The fourth-order valence-electron chi connectivity index (χ4n) is 3.97. The fourth-order valence-corrected chi connectivity index (χ4v) is 3.97. The topological polar surface area (TPSA) is 85.3 Å². The minimum absolute atomic E-state index is 0.0530. The number of fused-ring (bicyclic) bond motifs is 1. The maximum absolute atomic E-state index is 12.8. The summed E-state index contributed by atoms with van der Waals surface area (Å²) in [5.41, 5.74) is 1.23. The van der Waals surface area contributed by atoms with Gasteiger partial charge >= 0.3 is 6.09 Å². The molecular weight excluding hydrogens is 368 g/mol. The highest BCUT2D eigenvalue weighted by Gasteiger charge is 2.29. The molecule has 1 aliphatic heterocycles. The van der Waals surface area contributed by atoms with Crippen LogP contribution in [0.25, 0.3) is 0 Å². The fraction of sp³-hybridized carbons (Fsp3) is 0.682. The van der Waals surface area contributed by atoms with E-state index in [9.17, 15) is 9.59 Å². The number of alkyl carbamates (subject to hydrolysis) is 1. The molecule has 2 heterocycles. The van der Waals surface area contributed by atoms with Crippen LogP contribution in [0.3, 0.4) is 0 Å². The predicted octanol–water partition coefficient (Wildman–Crippen LogP) is 3.45. The Labute approximate surface area is 173 Å². The van der Waals surface area contributed by atoms with Crippen LogP contribution in [0.2, 0.25) is 0 Å². The molecule has 0 spiro atoms. The van der Waals surface area contributed by atoms with Gasteiger partial charge in [-0.25, -0.2) is 4.79 Å². The summed E-state index contributed by atoms with van der Waals surface area (Å²) < 4.78 is 7.23. The molecule has 29 heavy (non-hydrogen) atoms. The molecule has 0 bridgehead atoms. The summed E-state index contributed by atoms with van der Waals surface area (Å²) in [5, 5.41) is 10.4. The number of carbonyl (C=O) groups is 2. The van der Waals surface area contributed by atoms with Crippen LogP contribution >= 0.6 is 0 Å². The Kier molecular flexibility index (Phi) is 6.34. The molecule has 2 amide bonds. The minimum atomic E-state index is -0.509. The summed E-state index contributed by atoms with van der Waals surface area (Å²) in [6.07, 6.45) is 10.5. The van der Waals surface area contributed by atoms with Gasteiger partial charge in [-0.1, -0.05) is 19.1 Å². The van der Waals surface area contributed by atoms with Crippen LogP contribution < -0.4 is 10.6 Å². The van der Waals surface area contributed by atoms with Crippen LogP contribution in [0.1, 0.15) is 69.4 Å². The second-order valence-electron chi connectivity index (χ2n) is 9.68. The Morgan fingerprint density at radius 2 is 2.10 bits per heavy atom. The Morgan fingerprint density at radius 1 is 1.31 bits per heavy atom. The van der Waals surface area contributed by atoms with E-state index < -0.39 is 11.7 Å². The SMILES string of the molecule is CC1(CNC(=O)c2cnn3c2CC(CNC(=O)OC(C)(C)C)CC3)CC=CCC1. The number of rotatable bonds is 5. The third-order valence-corrected chi connectivity index (χ3v) is 5.73. The monoisotopic (exact) mass is 402 g/mol. The minimum Gasteiger partial charge on any atom is -0.444 e. The van der Waals surface area contributed by atoms with Gasteiger partial charge in [0, 0.05) is 19.6 Å². The van der Waals surface area contributed by atoms with E-state index in [1.807, 2.05) is 25.5 Å². The van der Waals surface area contributed by atoms with E-state index in [1.54, 1.807) is 6.20 Å². The molecule has 0 saturated heterocycles. The first-order valence-electron chi connectivity index (χ1n) is 10.6. The highest BCUT2D eigenvalue weighted by atomic mass is 16.6. The van der Waals surface area contributed by atoms with Crippen molar-refractivity contribution in [2.24, 2.45) is 11.3 Å². The summed E-state index contributed by atoms with van der Waals surface area (Å²) in [6.45, 7) is 9.73. The Hall–Kier alpha value is -2.31. The van der Waals surface area contributed by atoms with Gasteiger partial charge in [0.05, 0.1) is 17.5 Å². The number of aromatic nitrogens is 2. The normalized spacial score (nSPS) is 23.9. The summed E-state index contributed by atoms with van der Waals surface area (Å²) in [6, 6.07) is 0. The van der Waals surface area contributed by atoms with Gasteiger partial charge in [-0.2, -0.15) is 5.10 Å². The quantitative estimate of drug-likeness (QED) is 0.739. The van der Waals surface area contributed by atoms with Crippen LogP contribution in [0.4, 0.5) is 4.79 Å². The van der Waals surface area contributed by atoms with Crippen LogP contribution in [0, 0.1) is 11.3 Å². The van der Waals surface area contributed by atoms with E-state index in [1.165, 1.54) is 0 Å². The molecule has 3 rings (SSSR count). The third-order valence-electron chi connectivity index (χ3n) is 5.73. The van der Waals surface area contributed by atoms with E-state index in [2.05, 4.69) is 34.8 Å². The van der Waals surface area contributed by atoms with Crippen molar-refractivity contribution < 1.29 is 14.3 Å². The molecule has 2 aliphatic rings. The molecular formula is C22H34N4O3. The first-order chi connectivity index (χ1) is 13.7. The van der Waals surface area contributed by atoms with Crippen molar-refractivity contribution in [3.05, 3.63) is 29.6 Å². The van der Waals surface area contributed by atoms with Crippen molar-refractivity contribution in [2.75, 3.05) is 13.1 Å². The zero-order valence-corrected chi connectivity index (χ0v) is 18.1. The van der Waals surface area contributed by atoms with Crippen molar-refractivity contribution in [1.29, 1.82) is 0 Å². The average molecular weight is 403 g/mol. The lowest BCUT2D eigenvalue weighted by Crippen LogP contribution is -2.38. The second-order valence-corrected chi connectivity index (χ2v) is 9.68. The van der Waals surface area contributed by atoms with Gasteiger partial charge in [-0.3, -0.25) is 9.48 Å². The number of hydrogen-bond acceptors (Lipinski definition) is 4.